The number of aliphatic hydroxyl groups excluding tert-OH is 1. The number of hydrogen-bond acceptors (Lipinski definition) is 5. The van der Waals surface area contributed by atoms with Gasteiger partial charge in [0.05, 0.1) is 17.1 Å². The predicted octanol–water partition coefficient (Wildman–Crippen LogP) is 1.78. The van der Waals surface area contributed by atoms with Crippen molar-refractivity contribution in [1.29, 1.82) is 0 Å². The van der Waals surface area contributed by atoms with Crippen molar-refractivity contribution in [1.82, 2.24) is 29.4 Å². The normalized spacial score (nSPS) is 21.1. The molecule has 1 atom stereocenters. The molecule has 0 amide bonds. The molecule has 0 spiro atoms. The minimum Gasteiger partial charge on any atom is -0.380 e. The Kier molecular flexibility index (Phi) is 5.61. The fourth-order valence-electron chi connectivity index (χ4n) is 4.58. The van der Waals surface area contributed by atoms with Crippen molar-refractivity contribution in [2.75, 3.05) is 26.2 Å². The van der Waals surface area contributed by atoms with Crippen molar-refractivity contribution in [3.63, 3.8) is 0 Å². The molecule has 7 heteroatoms. The second kappa shape index (κ2) is 8.12. The number of aliphatic hydroxyl groups is 1. The van der Waals surface area contributed by atoms with E-state index in [9.17, 15) is 5.11 Å². The molecule has 27 heavy (non-hydrogen) atoms. The van der Waals surface area contributed by atoms with E-state index in [1.54, 1.807) is 10.9 Å². The molecule has 4 rings (SSSR count). The van der Waals surface area contributed by atoms with Crippen molar-refractivity contribution in [3.05, 3.63) is 35.4 Å². The lowest BCUT2D eigenvalue weighted by molar-refractivity contribution is 0.104. The molecule has 0 radical (unpaired) electrons. The molecular formula is C20H32N6O. The van der Waals surface area contributed by atoms with Gasteiger partial charge in [0.25, 0.3) is 0 Å². The average molecular weight is 373 g/mol. The fraction of sp³-hybridized carbons (Fsp3) is 0.700. The summed E-state index contributed by atoms with van der Waals surface area (Å²) in [6, 6.07) is 4.61. The third-order valence-electron chi connectivity index (χ3n) is 6.10. The van der Waals surface area contributed by atoms with E-state index >= 15 is 0 Å². The first-order chi connectivity index (χ1) is 13.2. The van der Waals surface area contributed by atoms with E-state index in [0.717, 1.165) is 37.4 Å². The zero-order valence-electron chi connectivity index (χ0n) is 16.6. The Bertz CT molecular complexity index is 745. The molecule has 1 fully saturated rings. The molecule has 0 saturated carbocycles. The summed E-state index contributed by atoms with van der Waals surface area (Å²) in [5.41, 5.74) is 2.73. The standard InChI is InChI=1S/C20H32N6O/c1-3-9-24-12-6-16(7-13-24)25-10-4-11-26-17(15-25)14-18(22-26)20(27)19-5-8-21-23(19)2/h5,8,14,16,20,27H,3-4,6-7,9-13,15H2,1-2H3/t20-/m1/s1. The van der Waals surface area contributed by atoms with Gasteiger partial charge in [0.15, 0.2) is 0 Å². The Morgan fingerprint density at radius 2 is 2.04 bits per heavy atom. The van der Waals surface area contributed by atoms with Crippen LogP contribution in [-0.2, 0) is 20.1 Å². The molecule has 4 heterocycles. The second-order valence-electron chi connectivity index (χ2n) is 7.96. The zero-order chi connectivity index (χ0) is 18.8. The molecule has 0 bridgehead atoms. The van der Waals surface area contributed by atoms with Gasteiger partial charge in [0.2, 0.25) is 0 Å². The molecule has 1 N–H and O–H groups in total. The number of piperidine rings is 1. The molecule has 148 valence electrons. The molecule has 1 saturated heterocycles. The van der Waals surface area contributed by atoms with Crippen molar-refractivity contribution >= 4 is 0 Å². The van der Waals surface area contributed by atoms with Crippen LogP contribution in [0.3, 0.4) is 0 Å². The number of rotatable bonds is 5. The van der Waals surface area contributed by atoms with Gasteiger partial charge in [-0.15, -0.1) is 0 Å². The lowest BCUT2D eigenvalue weighted by atomic mass is 10.0. The van der Waals surface area contributed by atoms with Gasteiger partial charge >= 0.3 is 0 Å². The highest BCUT2D eigenvalue weighted by Crippen LogP contribution is 2.25. The maximum absolute atomic E-state index is 10.7. The topological polar surface area (TPSA) is 62.4 Å². The van der Waals surface area contributed by atoms with E-state index in [4.69, 9.17) is 5.10 Å². The number of aromatic nitrogens is 4. The average Bonchev–Trinajstić information content (AvgIpc) is 3.23. The van der Waals surface area contributed by atoms with Crippen LogP contribution in [0.2, 0.25) is 0 Å². The summed E-state index contributed by atoms with van der Waals surface area (Å²) in [7, 11) is 1.85. The van der Waals surface area contributed by atoms with Crippen LogP contribution in [-0.4, -0.2) is 66.7 Å². The third kappa shape index (κ3) is 3.95. The summed E-state index contributed by atoms with van der Waals surface area (Å²) in [4.78, 5) is 5.24. The van der Waals surface area contributed by atoms with E-state index in [1.165, 1.54) is 44.6 Å². The molecule has 7 nitrogen and oxygen atoms in total. The number of hydrogen-bond donors (Lipinski definition) is 1. The first-order valence-electron chi connectivity index (χ1n) is 10.3. The minimum absolute atomic E-state index is 0.671. The van der Waals surface area contributed by atoms with Gasteiger partial charge in [-0.05, 0) is 57.5 Å². The highest BCUT2D eigenvalue weighted by Gasteiger charge is 2.28. The fourth-order valence-corrected chi connectivity index (χ4v) is 4.58. The van der Waals surface area contributed by atoms with Gasteiger partial charge in [-0.3, -0.25) is 14.3 Å². The summed E-state index contributed by atoms with van der Waals surface area (Å²) >= 11 is 0. The zero-order valence-corrected chi connectivity index (χ0v) is 16.6. The van der Waals surface area contributed by atoms with E-state index in [0.29, 0.717) is 6.04 Å². The minimum atomic E-state index is -0.720. The van der Waals surface area contributed by atoms with Gasteiger partial charge in [0, 0.05) is 38.9 Å². The molecule has 2 aromatic heterocycles. The van der Waals surface area contributed by atoms with Gasteiger partial charge in [-0.1, -0.05) is 6.92 Å². The third-order valence-corrected chi connectivity index (χ3v) is 6.10. The summed E-state index contributed by atoms with van der Waals surface area (Å²) in [5.74, 6) is 0. The highest BCUT2D eigenvalue weighted by molar-refractivity contribution is 5.21. The summed E-state index contributed by atoms with van der Waals surface area (Å²) < 4.78 is 3.81. The Morgan fingerprint density at radius 3 is 2.74 bits per heavy atom. The largest absolute Gasteiger partial charge is 0.380 e. The molecule has 2 aromatic rings. The quantitative estimate of drug-likeness (QED) is 0.867. The summed E-state index contributed by atoms with van der Waals surface area (Å²) in [5, 5.41) is 19.6. The lowest BCUT2D eigenvalue weighted by Crippen LogP contribution is -2.44. The maximum Gasteiger partial charge on any atom is 0.139 e. The number of aryl methyl sites for hydroxylation is 2. The van der Waals surface area contributed by atoms with Crippen LogP contribution in [0.4, 0.5) is 0 Å². The van der Waals surface area contributed by atoms with Crippen molar-refractivity contribution in [2.24, 2.45) is 7.05 Å². The first-order valence-corrected chi connectivity index (χ1v) is 10.3. The Morgan fingerprint density at radius 1 is 1.22 bits per heavy atom. The van der Waals surface area contributed by atoms with E-state index < -0.39 is 6.10 Å². The molecule has 2 aliphatic heterocycles. The van der Waals surface area contributed by atoms with Crippen molar-refractivity contribution in [3.8, 4) is 0 Å². The first kappa shape index (κ1) is 18.7. The van der Waals surface area contributed by atoms with Crippen LogP contribution in [0, 0.1) is 0 Å². The number of nitrogens with zero attached hydrogens (tertiary/aromatic N) is 6. The number of fused-ring (bicyclic) bond motifs is 1. The van der Waals surface area contributed by atoms with E-state index in [2.05, 4.69) is 32.6 Å². The Labute approximate surface area is 161 Å². The van der Waals surface area contributed by atoms with Crippen LogP contribution < -0.4 is 0 Å². The van der Waals surface area contributed by atoms with Crippen LogP contribution in [0.1, 0.15) is 55.8 Å². The maximum atomic E-state index is 10.7. The second-order valence-corrected chi connectivity index (χ2v) is 7.96. The van der Waals surface area contributed by atoms with Crippen LogP contribution >= 0.6 is 0 Å². The van der Waals surface area contributed by atoms with Crippen molar-refractivity contribution < 1.29 is 5.11 Å². The molecule has 0 aliphatic carbocycles. The molecule has 0 unspecified atom stereocenters. The van der Waals surface area contributed by atoms with Crippen LogP contribution in [0.25, 0.3) is 0 Å². The number of likely N-dealkylation sites (tertiary alicyclic amines) is 1. The molecule has 2 aliphatic rings. The van der Waals surface area contributed by atoms with Crippen molar-refractivity contribution in [2.45, 2.75) is 57.8 Å². The van der Waals surface area contributed by atoms with E-state index in [1.807, 2.05) is 13.1 Å². The summed E-state index contributed by atoms with van der Waals surface area (Å²) in [6.45, 7) is 8.94. The SMILES string of the molecule is CCCN1CCC(N2CCCn3nc([C@@H](O)c4ccnn4C)cc3C2)CC1. The Hall–Kier alpha value is -1.70. The predicted molar refractivity (Wildman–Crippen MR) is 104 cm³/mol. The van der Waals surface area contributed by atoms with Gasteiger partial charge < -0.3 is 10.0 Å². The molecular weight excluding hydrogens is 340 g/mol. The smallest absolute Gasteiger partial charge is 0.139 e. The van der Waals surface area contributed by atoms with Crippen LogP contribution in [0.15, 0.2) is 18.3 Å². The molecule has 0 aromatic carbocycles. The van der Waals surface area contributed by atoms with E-state index in [-0.39, 0.29) is 0 Å². The monoisotopic (exact) mass is 372 g/mol. The van der Waals surface area contributed by atoms with Gasteiger partial charge in [-0.25, -0.2) is 0 Å². The lowest BCUT2D eigenvalue weighted by Gasteiger charge is -2.38. The van der Waals surface area contributed by atoms with Crippen LogP contribution in [0.5, 0.6) is 0 Å². The highest BCUT2D eigenvalue weighted by atomic mass is 16.3. The van der Waals surface area contributed by atoms with Gasteiger partial charge in [-0.2, -0.15) is 10.2 Å². The van der Waals surface area contributed by atoms with Gasteiger partial charge in [0.1, 0.15) is 6.10 Å². The Balaban J connectivity index is 1.45. The summed E-state index contributed by atoms with van der Waals surface area (Å²) in [6.07, 6.45) is 5.88.